The number of hydrogen-bond donors (Lipinski definition) is 1. The number of hydrogen-bond acceptors (Lipinski definition) is 2. The van der Waals surface area contributed by atoms with E-state index >= 15 is 0 Å². The molecular formula is C10H21NO. The normalized spacial score (nSPS) is 31.0. The van der Waals surface area contributed by atoms with Gasteiger partial charge in [0.25, 0.3) is 0 Å². The van der Waals surface area contributed by atoms with Crippen molar-refractivity contribution in [1.82, 2.24) is 0 Å². The Hall–Kier alpha value is -0.0800. The Labute approximate surface area is 75.5 Å². The van der Waals surface area contributed by atoms with Crippen molar-refractivity contribution in [1.29, 1.82) is 0 Å². The topological polar surface area (TPSA) is 35.2 Å². The minimum Gasteiger partial charge on any atom is -0.375 e. The first-order valence-corrected chi connectivity index (χ1v) is 4.84. The Balaban J connectivity index is 2.62. The van der Waals surface area contributed by atoms with Crippen molar-refractivity contribution in [2.75, 3.05) is 6.61 Å². The number of nitrogens with two attached hydrogens (primary N) is 1. The molecule has 12 heavy (non-hydrogen) atoms. The fraction of sp³-hybridized carbons (Fsp3) is 1.00. The highest BCUT2D eigenvalue weighted by Gasteiger charge is 2.40. The molecule has 0 bridgehead atoms. The molecule has 0 saturated carbocycles. The van der Waals surface area contributed by atoms with Crippen LogP contribution < -0.4 is 5.73 Å². The van der Waals surface area contributed by atoms with Gasteiger partial charge in [-0.1, -0.05) is 13.8 Å². The summed E-state index contributed by atoms with van der Waals surface area (Å²) in [5.74, 6) is 1.08. The van der Waals surface area contributed by atoms with Gasteiger partial charge in [-0.3, -0.25) is 0 Å². The summed E-state index contributed by atoms with van der Waals surface area (Å²) in [6.45, 7) is 9.52. The second-order valence-electron chi connectivity index (χ2n) is 4.67. The van der Waals surface area contributed by atoms with Crippen LogP contribution in [-0.2, 0) is 4.74 Å². The lowest BCUT2D eigenvalue weighted by Crippen LogP contribution is -2.44. The largest absolute Gasteiger partial charge is 0.375 e. The fourth-order valence-corrected chi connectivity index (χ4v) is 2.02. The van der Waals surface area contributed by atoms with Crippen molar-refractivity contribution in [2.45, 2.75) is 45.8 Å². The van der Waals surface area contributed by atoms with E-state index in [1.165, 1.54) is 0 Å². The monoisotopic (exact) mass is 171 g/mol. The molecule has 72 valence electrons. The third-order valence-corrected chi connectivity index (χ3v) is 3.03. The predicted molar refractivity (Wildman–Crippen MR) is 51.0 cm³/mol. The molecule has 1 aliphatic rings. The Morgan fingerprint density at radius 1 is 1.42 bits per heavy atom. The van der Waals surface area contributed by atoms with Crippen molar-refractivity contribution in [3.63, 3.8) is 0 Å². The maximum atomic E-state index is 6.12. The van der Waals surface area contributed by atoms with E-state index in [1.54, 1.807) is 0 Å². The smallest absolute Gasteiger partial charge is 0.0670 e. The molecule has 1 fully saturated rings. The van der Waals surface area contributed by atoms with Crippen LogP contribution >= 0.6 is 0 Å². The van der Waals surface area contributed by atoms with E-state index in [-0.39, 0.29) is 11.6 Å². The summed E-state index contributed by atoms with van der Waals surface area (Å²) in [5, 5.41) is 0. The SMILES string of the molecule is CC(C)C(N)C1CCOC1(C)C. The molecule has 1 saturated heterocycles. The molecule has 2 atom stereocenters. The standard InChI is InChI=1S/C10H21NO/c1-7(2)9(11)8-5-6-12-10(8,3)4/h7-9H,5-6,11H2,1-4H3. The Kier molecular flexibility index (Phi) is 2.79. The van der Waals surface area contributed by atoms with E-state index in [1.807, 2.05) is 0 Å². The van der Waals surface area contributed by atoms with Crippen molar-refractivity contribution in [3.05, 3.63) is 0 Å². The van der Waals surface area contributed by atoms with Crippen LogP contribution in [0.25, 0.3) is 0 Å². The molecule has 0 aromatic rings. The fourth-order valence-electron chi connectivity index (χ4n) is 2.02. The van der Waals surface area contributed by atoms with Crippen LogP contribution in [0, 0.1) is 11.8 Å². The lowest BCUT2D eigenvalue weighted by molar-refractivity contribution is 0.00139. The van der Waals surface area contributed by atoms with Crippen LogP contribution in [0.2, 0.25) is 0 Å². The van der Waals surface area contributed by atoms with Crippen LogP contribution in [0.5, 0.6) is 0 Å². The highest BCUT2D eigenvalue weighted by molar-refractivity contribution is 4.92. The second kappa shape index (κ2) is 3.35. The van der Waals surface area contributed by atoms with Crippen LogP contribution in [0.15, 0.2) is 0 Å². The van der Waals surface area contributed by atoms with E-state index in [9.17, 15) is 0 Å². The van der Waals surface area contributed by atoms with E-state index in [4.69, 9.17) is 10.5 Å². The van der Waals surface area contributed by atoms with Gasteiger partial charge in [0.15, 0.2) is 0 Å². The molecule has 0 aliphatic carbocycles. The van der Waals surface area contributed by atoms with E-state index < -0.39 is 0 Å². The van der Waals surface area contributed by atoms with Crippen molar-refractivity contribution >= 4 is 0 Å². The molecule has 2 N–H and O–H groups in total. The summed E-state index contributed by atoms with van der Waals surface area (Å²) in [5.41, 5.74) is 6.11. The van der Waals surface area contributed by atoms with Crippen LogP contribution in [-0.4, -0.2) is 18.2 Å². The van der Waals surface area contributed by atoms with E-state index in [0.717, 1.165) is 13.0 Å². The first kappa shape index (κ1) is 10.0. The van der Waals surface area contributed by atoms with Crippen LogP contribution in [0.4, 0.5) is 0 Å². The minimum atomic E-state index is -0.0102. The zero-order chi connectivity index (χ0) is 9.35. The van der Waals surface area contributed by atoms with Gasteiger partial charge in [0.2, 0.25) is 0 Å². The van der Waals surface area contributed by atoms with E-state index in [0.29, 0.717) is 11.8 Å². The molecule has 2 nitrogen and oxygen atoms in total. The van der Waals surface area contributed by atoms with Crippen LogP contribution in [0.3, 0.4) is 0 Å². The maximum absolute atomic E-state index is 6.12. The van der Waals surface area contributed by atoms with Gasteiger partial charge in [-0.05, 0) is 26.2 Å². The lowest BCUT2D eigenvalue weighted by Gasteiger charge is -2.32. The molecule has 0 aromatic carbocycles. The molecule has 1 rings (SSSR count). The van der Waals surface area contributed by atoms with Gasteiger partial charge >= 0.3 is 0 Å². The Morgan fingerprint density at radius 2 is 2.00 bits per heavy atom. The quantitative estimate of drug-likeness (QED) is 0.687. The summed E-state index contributed by atoms with van der Waals surface area (Å²) < 4.78 is 5.64. The minimum absolute atomic E-state index is 0.0102. The molecule has 0 radical (unpaired) electrons. The number of ether oxygens (including phenoxy) is 1. The molecule has 0 aromatic heterocycles. The average molecular weight is 171 g/mol. The van der Waals surface area contributed by atoms with Gasteiger partial charge in [-0.25, -0.2) is 0 Å². The van der Waals surface area contributed by atoms with Crippen LogP contribution in [0.1, 0.15) is 34.1 Å². The third kappa shape index (κ3) is 1.80. The highest BCUT2D eigenvalue weighted by atomic mass is 16.5. The highest BCUT2D eigenvalue weighted by Crippen LogP contribution is 2.35. The zero-order valence-corrected chi connectivity index (χ0v) is 8.63. The van der Waals surface area contributed by atoms with Gasteiger partial charge in [0, 0.05) is 18.6 Å². The molecule has 1 aliphatic heterocycles. The maximum Gasteiger partial charge on any atom is 0.0670 e. The molecule has 0 amide bonds. The van der Waals surface area contributed by atoms with Crippen molar-refractivity contribution in [2.24, 2.45) is 17.6 Å². The van der Waals surface area contributed by atoms with Gasteiger partial charge < -0.3 is 10.5 Å². The van der Waals surface area contributed by atoms with E-state index in [2.05, 4.69) is 27.7 Å². The Bertz CT molecular complexity index is 154. The molecular weight excluding hydrogens is 150 g/mol. The summed E-state index contributed by atoms with van der Waals surface area (Å²) >= 11 is 0. The lowest BCUT2D eigenvalue weighted by atomic mass is 9.80. The first-order chi connectivity index (χ1) is 5.45. The summed E-state index contributed by atoms with van der Waals surface area (Å²) in [7, 11) is 0. The molecule has 0 spiro atoms. The molecule has 1 heterocycles. The predicted octanol–water partition coefficient (Wildman–Crippen LogP) is 1.78. The Morgan fingerprint density at radius 3 is 2.33 bits per heavy atom. The summed E-state index contributed by atoms with van der Waals surface area (Å²) in [6, 6.07) is 0.280. The zero-order valence-electron chi connectivity index (χ0n) is 8.63. The van der Waals surface area contributed by atoms with Crippen molar-refractivity contribution in [3.8, 4) is 0 Å². The average Bonchev–Trinajstić information content (AvgIpc) is 2.27. The van der Waals surface area contributed by atoms with Crippen molar-refractivity contribution < 1.29 is 4.74 Å². The van der Waals surface area contributed by atoms with Gasteiger partial charge in [-0.15, -0.1) is 0 Å². The van der Waals surface area contributed by atoms with Gasteiger partial charge in [0.1, 0.15) is 0 Å². The van der Waals surface area contributed by atoms with Gasteiger partial charge in [0.05, 0.1) is 5.60 Å². The molecule has 2 heteroatoms. The molecule has 2 unspecified atom stereocenters. The van der Waals surface area contributed by atoms with Gasteiger partial charge in [-0.2, -0.15) is 0 Å². The second-order valence-corrected chi connectivity index (χ2v) is 4.67. The third-order valence-electron chi connectivity index (χ3n) is 3.03. The summed E-state index contributed by atoms with van der Waals surface area (Å²) in [4.78, 5) is 0. The number of rotatable bonds is 2. The first-order valence-electron chi connectivity index (χ1n) is 4.84. The summed E-state index contributed by atoms with van der Waals surface area (Å²) in [6.07, 6.45) is 1.12.